The number of pyridine rings is 1. The number of benzene rings is 1. The smallest absolute Gasteiger partial charge is 0.274 e. The number of fused-ring (bicyclic) bond motifs is 1. The van der Waals surface area contributed by atoms with Crippen LogP contribution < -0.4 is 9.47 Å². The summed E-state index contributed by atoms with van der Waals surface area (Å²) in [6.07, 6.45) is 3.16. The van der Waals surface area contributed by atoms with E-state index in [9.17, 15) is 9.18 Å². The highest BCUT2D eigenvalue weighted by molar-refractivity contribution is 9.10. The molecule has 0 saturated heterocycles. The molecular formula is C24H24BrFN6O3. The largest absolute Gasteiger partial charge is 0.491 e. The summed E-state index contributed by atoms with van der Waals surface area (Å²) in [7, 11) is 3.37. The molecule has 35 heavy (non-hydrogen) atoms. The highest BCUT2D eigenvalue weighted by Gasteiger charge is 2.23. The lowest BCUT2D eigenvalue weighted by Crippen LogP contribution is -2.31. The number of nitrogens with zero attached hydrogens (tertiary/aromatic N) is 5. The van der Waals surface area contributed by atoms with E-state index in [1.54, 1.807) is 38.5 Å². The lowest BCUT2D eigenvalue weighted by Gasteiger charge is -2.18. The van der Waals surface area contributed by atoms with Crippen LogP contribution in [0.25, 0.3) is 28.2 Å². The number of hydrogen-bond acceptors (Lipinski definition) is 6. The molecule has 0 atom stereocenters. The number of ether oxygens (including phenoxy) is 2. The van der Waals surface area contributed by atoms with Gasteiger partial charge < -0.3 is 14.4 Å². The highest BCUT2D eigenvalue weighted by atomic mass is 79.9. The molecule has 0 saturated carbocycles. The molecule has 4 aromatic rings. The Morgan fingerprint density at radius 2 is 2.14 bits per heavy atom. The summed E-state index contributed by atoms with van der Waals surface area (Å²) in [5.41, 5.74) is 2.50. The number of carbonyl (C=O) groups excluding carboxylic acids is 1. The van der Waals surface area contributed by atoms with Crippen LogP contribution in [0.2, 0.25) is 0 Å². The van der Waals surface area contributed by atoms with Gasteiger partial charge in [0.15, 0.2) is 5.69 Å². The molecule has 1 aromatic carbocycles. The first kappa shape index (κ1) is 24.4. The summed E-state index contributed by atoms with van der Waals surface area (Å²) in [6, 6.07) is 6.03. The highest BCUT2D eigenvalue weighted by Crippen LogP contribution is 2.32. The van der Waals surface area contributed by atoms with E-state index in [-0.39, 0.29) is 24.8 Å². The predicted molar refractivity (Wildman–Crippen MR) is 134 cm³/mol. The van der Waals surface area contributed by atoms with Crippen molar-refractivity contribution >= 4 is 38.8 Å². The maximum absolute atomic E-state index is 14.1. The van der Waals surface area contributed by atoms with E-state index in [1.807, 2.05) is 6.92 Å². The zero-order valence-electron chi connectivity index (χ0n) is 19.5. The normalized spacial score (nSPS) is 11.0. The maximum atomic E-state index is 14.1. The molecule has 3 heterocycles. The van der Waals surface area contributed by atoms with Crippen molar-refractivity contribution in [3.05, 3.63) is 58.7 Å². The molecule has 3 aromatic heterocycles. The first-order valence-electron chi connectivity index (χ1n) is 10.8. The third-order valence-corrected chi connectivity index (χ3v) is 5.96. The van der Waals surface area contributed by atoms with E-state index in [1.165, 1.54) is 21.7 Å². The van der Waals surface area contributed by atoms with Crippen LogP contribution in [0.4, 0.5) is 4.39 Å². The summed E-state index contributed by atoms with van der Waals surface area (Å²) < 4.78 is 27.8. The average molecular weight is 543 g/mol. The number of aromatic nitrogens is 5. The number of hydrogen-bond donors (Lipinski definition) is 1. The van der Waals surface area contributed by atoms with Crippen LogP contribution in [-0.2, 0) is 7.05 Å². The molecule has 0 unspecified atom stereocenters. The Bertz CT molecular complexity index is 1400. The average Bonchev–Trinajstić information content (AvgIpc) is 3.38. The van der Waals surface area contributed by atoms with Crippen LogP contribution in [0.15, 0.2) is 41.6 Å². The minimum Gasteiger partial charge on any atom is -0.491 e. The van der Waals surface area contributed by atoms with Gasteiger partial charge >= 0.3 is 0 Å². The molecule has 0 radical (unpaired) electrons. The predicted octanol–water partition coefficient (Wildman–Crippen LogP) is 4.45. The zero-order valence-corrected chi connectivity index (χ0v) is 21.1. The van der Waals surface area contributed by atoms with Crippen molar-refractivity contribution in [2.75, 3.05) is 26.8 Å². The Labute approximate surface area is 209 Å². The van der Waals surface area contributed by atoms with Crippen molar-refractivity contribution in [3.63, 3.8) is 0 Å². The van der Waals surface area contributed by atoms with Crippen molar-refractivity contribution in [3.8, 4) is 22.9 Å². The van der Waals surface area contributed by atoms with Gasteiger partial charge in [0.05, 0.1) is 30.6 Å². The van der Waals surface area contributed by atoms with Crippen molar-refractivity contribution in [1.82, 2.24) is 29.9 Å². The van der Waals surface area contributed by atoms with E-state index in [4.69, 9.17) is 9.47 Å². The Morgan fingerprint density at radius 1 is 1.34 bits per heavy atom. The van der Waals surface area contributed by atoms with E-state index in [0.717, 1.165) is 5.39 Å². The summed E-state index contributed by atoms with van der Waals surface area (Å²) in [5, 5.41) is 12.1. The topological polar surface area (TPSA) is 98.2 Å². The van der Waals surface area contributed by atoms with Gasteiger partial charge in [-0.15, -0.1) is 0 Å². The van der Waals surface area contributed by atoms with Crippen LogP contribution >= 0.6 is 15.9 Å². The van der Waals surface area contributed by atoms with Crippen molar-refractivity contribution in [1.29, 1.82) is 0 Å². The van der Waals surface area contributed by atoms with E-state index in [2.05, 4.69) is 42.8 Å². The second kappa shape index (κ2) is 10.3. The number of aryl methyl sites for hydroxylation is 1. The van der Waals surface area contributed by atoms with Crippen LogP contribution in [0.3, 0.4) is 0 Å². The van der Waals surface area contributed by atoms with Gasteiger partial charge in [0.1, 0.15) is 28.3 Å². The SMILES string of the molecule is C=Cc1c(C(=O)N(C)CCOc2ccc(F)cc2-c2cc3c(Br)[nH]nc3cn2)nn(C)c1OCC. The minimum atomic E-state index is -0.412. The fourth-order valence-corrected chi connectivity index (χ4v) is 4.01. The Hall–Kier alpha value is -3.73. The second-order valence-electron chi connectivity index (χ2n) is 7.67. The number of nitrogens with one attached hydrogen (secondary N) is 1. The maximum Gasteiger partial charge on any atom is 0.274 e. The number of H-pyrrole nitrogens is 1. The van der Waals surface area contributed by atoms with Crippen LogP contribution in [0.5, 0.6) is 11.6 Å². The Balaban J connectivity index is 1.50. The van der Waals surface area contributed by atoms with Gasteiger partial charge in [-0.3, -0.25) is 14.9 Å². The summed E-state index contributed by atoms with van der Waals surface area (Å²) >= 11 is 3.41. The fraction of sp³-hybridized carbons (Fsp3) is 0.250. The van der Waals surface area contributed by atoms with Gasteiger partial charge in [-0.05, 0) is 47.1 Å². The molecule has 0 aliphatic carbocycles. The molecule has 182 valence electrons. The van der Waals surface area contributed by atoms with Crippen LogP contribution in [-0.4, -0.2) is 62.6 Å². The zero-order chi connectivity index (χ0) is 25.1. The van der Waals surface area contributed by atoms with Crippen molar-refractivity contribution in [2.45, 2.75) is 6.92 Å². The molecule has 9 nitrogen and oxygen atoms in total. The monoisotopic (exact) mass is 542 g/mol. The Morgan fingerprint density at radius 3 is 2.89 bits per heavy atom. The molecule has 0 fully saturated rings. The van der Waals surface area contributed by atoms with Crippen molar-refractivity contribution in [2.24, 2.45) is 7.05 Å². The van der Waals surface area contributed by atoms with E-state index < -0.39 is 5.82 Å². The standard InChI is InChI=1S/C24H24BrFN6O3/c1-5-15-21(30-32(4)24(15)34-6-2)23(33)31(3)9-10-35-20-8-7-14(26)11-16(20)18-12-17-19(13-27-18)28-29-22(17)25/h5,7-8,11-13H,1,6,9-10H2,2-4H3,(H,28,29). The lowest BCUT2D eigenvalue weighted by molar-refractivity contribution is 0.0767. The van der Waals surface area contributed by atoms with Gasteiger partial charge in [-0.2, -0.15) is 10.2 Å². The number of carbonyl (C=O) groups is 1. The minimum absolute atomic E-state index is 0.174. The number of amides is 1. The first-order chi connectivity index (χ1) is 16.8. The molecule has 0 aliphatic rings. The van der Waals surface area contributed by atoms with Crippen LogP contribution in [0.1, 0.15) is 23.0 Å². The Kier molecular flexibility index (Phi) is 7.15. The van der Waals surface area contributed by atoms with Gasteiger partial charge in [0, 0.05) is 25.0 Å². The number of halogens is 2. The molecule has 0 aliphatic heterocycles. The van der Waals surface area contributed by atoms with Crippen LogP contribution in [0, 0.1) is 5.82 Å². The van der Waals surface area contributed by atoms with Gasteiger partial charge in [-0.1, -0.05) is 12.7 Å². The first-order valence-corrected chi connectivity index (χ1v) is 11.6. The number of rotatable bonds is 9. The van der Waals surface area contributed by atoms with Gasteiger partial charge in [0.2, 0.25) is 5.88 Å². The lowest BCUT2D eigenvalue weighted by atomic mass is 10.1. The molecule has 1 N–H and O–H groups in total. The summed E-state index contributed by atoms with van der Waals surface area (Å²) in [6.45, 7) is 6.53. The molecule has 0 bridgehead atoms. The van der Waals surface area contributed by atoms with Gasteiger partial charge in [-0.25, -0.2) is 9.07 Å². The number of aromatic amines is 1. The quantitative estimate of drug-likeness (QED) is 0.335. The summed E-state index contributed by atoms with van der Waals surface area (Å²) in [4.78, 5) is 18.9. The van der Waals surface area contributed by atoms with E-state index >= 15 is 0 Å². The molecule has 1 amide bonds. The molecule has 11 heteroatoms. The third-order valence-electron chi connectivity index (χ3n) is 5.36. The molecule has 0 spiro atoms. The van der Waals surface area contributed by atoms with Gasteiger partial charge in [0.25, 0.3) is 5.91 Å². The number of likely N-dealkylation sites (N-methyl/N-ethyl adjacent to an activating group) is 1. The fourth-order valence-electron chi connectivity index (χ4n) is 3.61. The van der Waals surface area contributed by atoms with E-state index in [0.29, 0.717) is 45.2 Å². The second-order valence-corrected chi connectivity index (χ2v) is 8.46. The summed E-state index contributed by atoms with van der Waals surface area (Å²) in [5.74, 6) is 0.230. The molecular weight excluding hydrogens is 519 g/mol. The molecule has 4 rings (SSSR count). The third kappa shape index (κ3) is 4.90. The van der Waals surface area contributed by atoms with Crippen molar-refractivity contribution < 1.29 is 18.7 Å².